The summed E-state index contributed by atoms with van der Waals surface area (Å²) in [5.74, 6) is 1.04. The Kier molecular flexibility index (Phi) is 15.9. The van der Waals surface area contributed by atoms with Crippen LogP contribution in [0.1, 0.15) is 103 Å². The van der Waals surface area contributed by atoms with E-state index in [-0.39, 0.29) is 41.0 Å². The number of aromatic hydroxyl groups is 1. The molecule has 5 N–H and O–H groups in total. The van der Waals surface area contributed by atoms with Crippen LogP contribution < -0.4 is 15.4 Å². The standard InChI is InChI=1S/C54H58ClN3O7S/c1-35(56-32-49(61)40-17-24-48(60)47(29-40)57-34-59)52(39-15-22-44(64-4)23-16-39)65-51(62)31-54(26-27-54)33-66-50(25-18-37-9-5-6-11-45(37)53(2,3)63)41-10-7-8-36(28-41)12-20-43-21-14-38-13-19-42(55)30-46(38)58-43/h5-17,19-24,28-30,34-35,49-50,52,56,60-61,63H,18,25-27,31-33H2,1-4H3,(H,57,59). The van der Waals surface area contributed by atoms with E-state index in [1.807, 2.05) is 111 Å². The number of ether oxygens (including phenoxy) is 2. The van der Waals surface area contributed by atoms with E-state index >= 15 is 0 Å². The highest BCUT2D eigenvalue weighted by atomic mass is 35.5. The Morgan fingerprint density at radius 3 is 2.42 bits per heavy atom. The normalized spacial score (nSPS) is 15.2. The molecular formula is C54H58ClN3O7S. The minimum absolute atomic E-state index is 0.101. The predicted molar refractivity (Wildman–Crippen MR) is 266 cm³/mol. The third kappa shape index (κ3) is 12.8. The van der Waals surface area contributed by atoms with Gasteiger partial charge in [-0.05, 0) is 134 Å². The van der Waals surface area contributed by atoms with Crippen LogP contribution in [0.2, 0.25) is 5.02 Å². The number of nitrogens with zero attached hydrogens (tertiary/aromatic N) is 1. The topological polar surface area (TPSA) is 150 Å². The molecular weight excluding hydrogens is 870 g/mol. The van der Waals surface area contributed by atoms with Gasteiger partial charge in [0.25, 0.3) is 0 Å². The third-order valence-electron chi connectivity index (χ3n) is 12.2. The molecule has 1 aromatic heterocycles. The summed E-state index contributed by atoms with van der Waals surface area (Å²) in [6.45, 7) is 5.67. The lowest BCUT2D eigenvalue weighted by Gasteiger charge is -2.28. The molecule has 66 heavy (non-hydrogen) atoms. The van der Waals surface area contributed by atoms with Gasteiger partial charge in [0, 0.05) is 34.0 Å². The molecule has 0 bridgehead atoms. The van der Waals surface area contributed by atoms with Gasteiger partial charge in [0.05, 0.1) is 42.1 Å². The van der Waals surface area contributed by atoms with Gasteiger partial charge in [-0.3, -0.25) is 9.59 Å². The number of benzene rings is 5. The average Bonchev–Trinajstić information content (AvgIpc) is 4.08. The van der Waals surface area contributed by atoms with Crippen molar-refractivity contribution in [1.82, 2.24) is 10.3 Å². The van der Waals surface area contributed by atoms with E-state index in [9.17, 15) is 24.9 Å². The summed E-state index contributed by atoms with van der Waals surface area (Å²) in [5.41, 5.74) is 6.22. The predicted octanol–water partition coefficient (Wildman–Crippen LogP) is 11.1. The second-order valence-electron chi connectivity index (χ2n) is 17.7. The molecule has 6 aromatic rings. The lowest BCUT2D eigenvalue weighted by Crippen LogP contribution is -2.37. The minimum atomic E-state index is -0.979. The number of amides is 1. The van der Waals surface area contributed by atoms with Gasteiger partial charge in [-0.25, -0.2) is 4.98 Å². The number of pyridine rings is 1. The number of aliphatic hydroxyl groups excluding tert-OH is 1. The van der Waals surface area contributed by atoms with E-state index in [0.717, 1.165) is 70.3 Å². The Bertz CT molecular complexity index is 2650. The van der Waals surface area contributed by atoms with Gasteiger partial charge >= 0.3 is 5.97 Å². The molecule has 1 heterocycles. The number of phenols is 1. The summed E-state index contributed by atoms with van der Waals surface area (Å²) in [5, 5.41) is 39.8. The Morgan fingerprint density at radius 1 is 0.924 bits per heavy atom. The van der Waals surface area contributed by atoms with Crippen LogP contribution >= 0.6 is 23.4 Å². The van der Waals surface area contributed by atoms with E-state index in [0.29, 0.717) is 22.7 Å². The van der Waals surface area contributed by atoms with Crippen molar-refractivity contribution in [3.05, 3.63) is 165 Å². The van der Waals surface area contributed by atoms with Crippen LogP contribution in [-0.2, 0) is 26.3 Å². The highest BCUT2D eigenvalue weighted by molar-refractivity contribution is 7.99. The number of aryl methyl sites for hydroxylation is 1. The molecule has 0 radical (unpaired) electrons. The second-order valence-corrected chi connectivity index (χ2v) is 19.4. The van der Waals surface area contributed by atoms with Gasteiger partial charge in [0.1, 0.15) is 17.6 Å². The molecule has 5 aromatic carbocycles. The van der Waals surface area contributed by atoms with Crippen molar-refractivity contribution in [2.45, 2.75) is 82.0 Å². The van der Waals surface area contributed by atoms with Crippen LogP contribution in [0.15, 0.2) is 121 Å². The smallest absolute Gasteiger partial charge is 0.307 e. The van der Waals surface area contributed by atoms with Crippen molar-refractivity contribution in [3.8, 4) is 11.5 Å². The lowest BCUT2D eigenvalue weighted by molar-refractivity contribution is -0.152. The fourth-order valence-corrected chi connectivity index (χ4v) is 9.98. The van der Waals surface area contributed by atoms with Crippen LogP contribution in [0.3, 0.4) is 0 Å². The van der Waals surface area contributed by atoms with Crippen molar-refractivity contribution in [3.63, 3.8) is 0 Å². The maximum Gasteiger partial charge on any atom is 0.307 e. The fourth-order valence-electron chi connectivity index (χ4n) is 8.24. The van der Waals surface area contributed by atoms with Crippen molar-refractivity contribution in [1.29, 1.82) is 0 Å². The number of aliphatic hydroxyl groups is 2. The number of aromatic nitrogens is 1. The number of esters is 1. The molecule has 1 fully saturated rings. The van der Waals surface area contributed by atoms with Crippen LogP contribution in [-0.4, -0.2) is 58.1 Å². The second kappa shape index (κ2) is 21.7. The summed E-state index contributed by atoms with van der Waals surface area (Å²) in [6, 6.07) is 38.0. The average molecular weight is 929 g/mol. The van der Waals surface area contributed by atoms with Crippen molar-refractivity contribution >= 4 is 64.5 Å². The van der Waals surface area contributed by atoms with E-state index in [1.54, 1.807) is 13.2 Å². The maximum atomic E-state index is 14.0. The number of nitrogens with one attached hydrogen (secondary N) is 2. The molecule has 1 aliphatic rings. The molecule has 12 heteroatoms. The van der Waals surface area contributed by atoms with E-state index in [1.165, 1.54) is 17.7 Å². The first-order valence-electron chi connectivity index (χ1n) is 22.3. The molecule has 344 valence electrons. The first-order chi connectivity index (χ1) is 31.7. The van der Waals surface area contributed by atoms with Crippen LogP contribution in [0, 0.1) is 5.41 Å². The Hall–Kier alpha value is -5.69. The van der Waals surface area contributed by atoms with Gasteiger partial charge in [0.2, 0.25) is 6.41 Å². The number of hydrogen-bond donors (Lipinski definition) is 5. The SMILES string of the molecule is COc1ccc(C(OC(=O)CC2(CSC(CCc3ccccc3C(C)(C)O)c3cccc(C=Cc4ccc5ccc(Cl)cc5n4)c3)CC2)C(C)NCC(O)c2ccc(O)c(NC=O)c2)cc1. The number of hydrogen-bond acceptors (Lipinski definition) is 10. The number of rotatable bonds is 22. The van der Waals surface area contributed by atoms with Gasteiger partial charge in [-0.15, -0.1) is 0 Å². The number of phenolic OH excluding ortho intramolecular Hbond substituents is 1. The number of anilines is 1. The number of fused-ring (bicyclic) bond motifs is 1. The van der Waals surface area contributed by atoms with Crippen molar-refractivity contribution < 1.29 is 34.4 Å². The molecule has 0 aliphatic heterocycles. The van der Waals surface area contributed by atoms with Gasteiger partial charge < -0.3 is 35.4 Å². The van der Waals surface area contributed by atoms with Crippen LogP contribution in [0.25, 0.3) is 23.1 Å². The Labute approximate surface area is 396 Å². The monoisotopic (exact) mass is 927 g/mol. The van der Waals surface area contributed by atoms with E-state index < -0.39 is 23.9 Å². The molecule has 4 atom stereocenters. The molecule has 1 amide bonds. The lowest BCUT2D eigenvalue weighted by atomic mass is 9.90. The number of carbonyl (C=O) groups is 2. The summed E-state index contributed by atoms with van der Waals surface area (Å²) in [4.78, 5) is 29.9. The molecule has 0 spiro atoms. The number of methoxy groups -OCH3 is 1. The number of halogens is 1. The summed E-state index contributed by atoms with van der Waals surface area (Å²) in [7, 11) is 1.60. The zero-order chi connectivity index (χ0) is 46.8. The first-order valence-corrected chi connectivity index (χ1v) is 23.7. The van der Waals surface area contributed by atoms with Gasteiger partial charge in [0.15, 0.2) is 0 Å². The van der Waals surface area contributed by atoms with Crippen LogP contribution in [0.4, 0.5) is 5.69 Å². The molecule has 1 saturated carbocycles. The summed E-state index contributed by atoms with van der Waals surface area (Å²) < 4.78 is 11.7. The minimum Gasteiger partial charge on any atom is -0.506 e. The molecule has 1 aliphatic carbocycles. The first kappa shape index (κ1) is 48.2. The maximum absolute atomic E-state index is 14.0. The number of carbonyl (C=O) groups excluding carboxylic acids is 2. The van der Waals surface area contributed by atoms with E-state index in [2.05, 4.69) is 47.0 Å². The summed E-state index contributed by atoms with van der Waals surface area (Å²) in [6.07, 6.45) is 6.60. The highest BCUT2D eigenvalue weighted by Gasteiger charge is 2.45. The zero-order valence-electron chi connectivity index (χ0n) is 37.7. The molecule has 7 rings (SSSR count). The quantitative estimate of drug-likeness (QED) is 0.0253. The zero-order valence-corrected chi connectivity index (χ0v) is 39.3. The van der Waals surface area contributed by atoms with Gasteiger partial charge in [-0.1, -0.05) is 96.5 Å². The third-order valence-corrected chi connectivity index (χ3v) is 14.2. The van der Waals surface area contributed by atoms with Crippen LogP contribution in [0.5, 0.6) is 11.5 Å². The van der Waals surface area contributed by atoms with Gasteiger partial charge in [-0.2, -0.15) is 11.8 Å². The Balaban J connectivity index is 1.06. The summed E-state index contributed by atoms with van der Waals surface area (Å²) >= 11 is 8.13. The Morgan fingerprint density at radius 2 is 1.68 bits per heavy atom. The fraction of sp³-hybridized carbons (Fsp3) is 0.315. The van der Waals surface area contributed by atoms with Crippen molar-refractivity contribution in [2.75, 3.05) is 24.7 Å². The molecule has 0 saturated heterocycles. The number of thioether (sulfide) groups is 1. The van der Waals surface area contributed by atoms with Crippen molar-refractivity contribution in [2.24, 2.45) is 5.41 Å². The molecule has 4 unspecified atom stereocenters. The highest BCUT2D eigenvalue weighted by Crippen LogP contribution is 2.54. The molecule has 10 nitrogen and oxygen atoms in total. The largest absolute Gasteiger partial charge is 0.506 e. The van der Waals surface area contributed by atoms with E-state index in [4.69, 9.17) is 26.1 Å².